The third-order valence-electron chi connectivity index (χ3n) is 1.03. The van der Waals surface area contributed by atoms with Gasteiger partial charge in [-0.15, -0.1) is 12.6 Å². The standard InChI is InChI=1S/C5H11NS2.Na.Zn.H/c1-3-6(4-2)5(7)8;;;/h3-4H2,1-2H3,(H,7,8);;;. The van der Waals surface area contributed by atoms with Crippen LogP contribution in [0.2, 0.25) is 0 Å². The summed E-state index contributed by atoms with van der Waals surface area (Å²) in [5, 5.41) is 0. The molecule has 0 amide bonds. The van der Waals surface area contributed by atoms with E-state index >= 15 is 0 Å². The smallest absolute Gasteiger partial charge is 0 e. The summed E-state index contributed by atoms with van der Waals surface area (Å²) in [4.78, 5) is 2.01. The van der Waals surface area contributed by atoms with Crippen LogP contribution in [0.3, 0.4) is 0 Å². The molecule has 52 valence electrons. The Labute approximate surface area is 109 Å². The molecular formula is C5H12NNaS2Zn. The van der Waals surface area contributed by atoms with E-state index in [0.717, 1.165) is 13.1 Å². The average molecular weight is 239 g/mol. The molecule has 5 heteroatoms. The molecule has 10 heavy (non-hydrogen) atoms. The zero-order chi connectivity index (χ0) is 6.57. The Morgan fingerprint density at radius 1 is 1.40 bits per heavy atom. The molecular weight excluding hydrogens is 227 g/mol. The maximum absolute atomic E-state index is 4.81. The van der Waals surface area contributed by atoms with Gasteiger partial charge >= 0.3 is 29.6 Å². The van der Waals surface area contributed by atoms with Crippen LogP contribution in [0.5, 0.6) is 0 Å². The molecule has 1 nitrogen and oxygen atoms in total. The number of thiol groups is 1. The molecule has 0 saturated heterocycles. The quantitative estimate of drug-likeness (QED) is 0.433. The van der Waals surface area contributed by atoms with Gasteiger partial charge in [0.05, 0.1) is 0 Å². The van der Waals surface area contributed by atoms with Gasteiger partial charge in [0.25, 0.3) is 0 Å². The molecule has 0 N–H and O–H groups in total. The molecule has 0 aliphatic heterocycles. The van der Waals surface area contributed by atoms with Gasteiger partial charge in [0.15, 0.2) is 0 Å². The number of thiocarbonyl (C=S) groups is 1. The molecule has 0 spiro atoms. The molecule has 0 heterocycles. The minimum absolute atomic E-state index is 0. The zero-order valence-corrected chi connectivity index (χ0v) is 10.6. The summed E-state index contributed by atoms with van der Waals surface area (Å²) in [6, 6.07) is 0. The monoisotopic (exact) mass is 237 g/mol. The second kappa shape index (κ2) is 10.9. The van der Waals surface area contributed by atoms with Crippen molar-refractivity contribution in [3.63, 3.8) is 0 Å². The van der Waals surface area contributed by atoms with Gasteiger partial charge in [0.1, 0.15) is 4.32 Å². The van der Waals surface area contributed by atoms with Gasteiger partial charge in [-0.3, -0.25) is 0 Å². The summed E-state index contributed by atoms with van der Waals surface area (Å²) >= 11 is 8.82. The topological polar surface area (TPSA) is 3.24 Å². The van der Waals surface area contributed by atoms with E-state index in [1.54, 1.807) is 0 Å². The summed E-state index contributed by atoms with van der Waals surface area (Å²) in [6.07, 6.45) is 0. The van der Waals surface area contributed by atoms with E-state index in [-0.39, 0.29) is 49.0 Å². The van der Waals surface area contributed by atoms with Gasteiger partial charge in [-0.05, 0) is 13.8 Å². The van der Waals surface area contributed by atoms with Gasteiger partial charge < -0.3 is 4.90 Å². The van der Waals surface area contributed by atoms with E-state index < -0.39 is 0 Å². The minimum Gasteiger partial charge on any atom is 0 e. The Morgan fingerprint density at radius 3 is 1.70 bits per heavy atom. The summed E-state index contributed by atoms with van der Waals surface area (Å²) in [6.45, 7) is 6.04. The average Bonchev–Trinajstić information content (AvgIpc) is 1.69. The van der Waals surface area contributed by atoms with Crippen LogP contribution in [0.1, 0.15) is 13.8 Å². The van der Waals surface area contributed by atoms with Crippen molar-refractivity contribution < 1.29 is 19.5 Å². The Bertz CT molecular complexity index is 87.7. The van der Waals surface area contributed by atoms with Gasteiger partial charge in [-0.25, -0.2) is 0 Å². The van der Waals surface area contributed by atoms with Crippen LogP contribution in [-0.2, 0) is 19.5 Å². The molecule has 0 aromatic rings. The van der Waals surface area contributed by atoms with Crippen LogP contribution in [0.25, 0.3) is 0 Å². The first-order valence-corrected chi connectivity index (χ1v) is 3.55. The second-order valence-electron chi connectivity index (χ2n) is 1.45. The first-order valence-electron chi connectivity index (χ1n) is 2.70. The molecule has 0 aromatic carbocycles. The van der Waals surface area contributed by atoms with Crippen LogP contribution >= 0.6 is 24.8 Å². The van der Waals surface area contributed by atoms with Gasteiger partial charge in [-0.1, -0.05) is 12.2 Å². The first kappa shape index (κ1) is 17.8. The number of rotatable bonds is 2. The predicted octanol–water partition coefficient (Wildman–Crippen LogP) is 0.892. The molecule has 0 radical (unpaired) electrons. The fourth-order valence-corrected chi connectivity index (χ4v) is 1.04. The summed E-state index contributed by atoms with van der Waals surface area (Å²) in [5.41, 5.74) is 0. The van der Waals surface area contributed by atoms with E-state index in [1.807, 2.05) is 4.90 Å². The Balaban J connectivity index is -0.000000245. The molecule has 0 aliphatic rings. The first-order chi connectivity index (χ1) is 3.72. The largest absolute Gasteiger partial charge is 0 e. The SMILES string of the molecule is CCN(CC)C(=S)S.[NaH].[Zn]. The predicted molar refractivity (Wildman–Crippen MR) is 51.7 cm³/mol. The van der Waals surface area contributed by atoms with Gasteiger partial charge in [-0.2, -0.15) is 0 Å². The zero-order valence-electron chi connectivity index (χ0n) is 5.92. The molecule has 0 aromatic heterocycles. The molecule has 0 bridgehead atoms. The molecule has 0 rings (SSSR count). The Kier molecular flexibility index (Phi) is 19.4. The van der Waals surface area contributed by atoms with Crippen molar-refractivity contribution in [1.82, 2.24) is 4.90 Å². The second-order valence-corrected chi connectivity index (χ2v) is 2.57. The Morgan fingerprint density at radius 2 is 1.70 bits per heavy atom. The summed E-state index contributed by atoms with van der Waals surface area (Å²) < 4.78 is 0.690. The molecule has 0 atom stereocenters. The van der Waals surface area contributed by atoms with Crippen molar-refractivity contribution in [1.29, 1.82) is 0 Å². The van der Waals surface area contributed by atoms with Gasteiger partial charge in [0, 0.05) is 32.6 Å². The van der Waals surface area contributed by atoms with Crippen LogP contribution in [0, 0.1) is 0 Å². The van der Waals surface area contributed by atoms with Crippen LogP contribution in [-0.4, -0.2) is 51.9 Å². The van der Waals surface area contributed by atoms with Crippen molar-refractivity contribution >= 4 is 58.7 Å². The van der Waals surface area contributed by atoms with E-state index in [4.69, 9.17) is 12.2 Å². The van der Waals surface area contributed by atoms with Crippen molar-refractivity contribution in [2.75, 3.05) is 13.1 Å². The third-order valence-corrected chi connectivity index (χ3v) is 1.58. The maximum Gasteiger partial charge on any atom is 0 e. The van der Waals surface area contributed by atoms with E-state index in [0.29, 0.717) is 4.32 Å². The van der Waals surface area contributed by atoms with Crippen molar-refractivity contribution in [2.24, 2.45) is 0 Å². The normalized spacial score (nSPS) is 7.10. The Hall–Kier alpha value is 1.86. The number of hydrogen-bond acceptors (Lipinski definition) is 1. The number of nitrogens with zero attached hydrogens (tertiary/aromatic N) is 1. The van der Waals surface area contributed by atoms with Crippen LogP contribution < -0.4 is 0 Å². The molecule has 0 aliphatic carbocycles. The van der Waals surface area contributed by atoms with Crippen molar-refractivity contribution in [3.8, 4) is 0 Å². The summed E-state index contributed by atoms with van der Waals surface area (Å²) in [7, 11) is 0. The fraction of sp³-hybridized carbons (Fsp3) is 0.800. The summed E-state index contributed by atoms with van der Waals surface area (Å²) in [5.74, 6) is 0. The van der Waals surface area contributed by atoms with Gasteiger partial charge in [0.2, 0.25) is 0 Å². The fourth-order valence-electron chi connectivity index (χ4n) is 0.494. The minimum atomic E-state index is 0. The molecule has 0 saturated carbocycles. The number of hydrogen-bond donors (Lipinski definition) is 1. The van der Waals surface area contributed by atoms with Crippen molar-refractivity contribution in [2.45, 2.75) is 13.8 Å². The van der Waals surface area contributed by atoms with E-state index in [2.05, 4.69) is 26.5 Å². The molecule has 0 fully saturated rings. The van der Waals surface area contributed by atoms with E-state index in [1.165, 1.54) is 0 Å². The third kappa shape index (κ3) is 7.96. The van der Waals surface area contributed by atoms with Crippen LogP contribution in [0.15, 0.2) is 0 Å². The maximum atomic E-state index is 4.81. The van der Waals surface area contributed by atoms with Crippen LogP contribution in [0.4, 0.5) is 0 Å². The van der Waals surface area contributed by atoms with E-state index in [9.17, 15) is 0 Å². The van der Waals surface area contributed by atoms with Crippen molar-refractivity contribution in [3.05, 3.63) is 0 Å². The molecule has 0 unspecified atom stereocenters.